The van der Waals surface area contributed by atoms with Crippen molar-refractivity contribution in [3.63, 3.8) is 0 Å². The lowest BCUT2D eigenvalue weighted by Crippen LogP contribution is -1.95. The van der Waals surface area contributed by atoms with Crippen LogP contribution < -0.4 is 5.46 Å². The van der Waals surface area contributed by atoms with E-state index in [1.165, 1.54) is 10.1 Å². The van der Waals surface area contributed by atoms with Crippen molar-refractivity contribution in [1.29, 1.82) is 0 Å². The van der Waals surface area contributed by atoms with Crippen LogP contribution in [0.25, 0.3) is 10.1 Å². The van der Waals surface area contributed by atoms with Crippen LogP contribution >= 0.6 is 11.3 Å². The summed E-state index contributed by atoms with van der Waals surface area (Å²) in [6.45, 7) is 0. The molecule has 0 bridgehead atoms. The van der Waals surface area contributed by atoms with Crippen LogP contribution in [-0.4, -0.2) is 7.85 Å². The maximum Gasteiger partial charge on any atom is 0.115 e. The van der Waals surface area contributed by atoms with Crippen molar-refractivity contribution in [2.24, 2.45) is 0 Å². The van der Waals surface area contributed by atoms with E-state index in [9.17, 15) is 0 Å². The second-order valence-corrected chi connectivity index (χ2v) is 3.10. The van der Waals surface area contributed by atoms with E-state index in [1.54, 1.807) is 11.3 Å². The quantitative estimate of drug-likeness (QED) is 0.493. The average Bonchev–Trinajstić information content (AvgIpc) is 2.34. The Morgan fingerprint density at radius 1 is 1.20 bits per heavy atom. The van der Waals surface area contributed by atoms with Crippen molar-refractivity contribution in [2.75, 3.05) is 0 Å². The summed E-state index contributed by atoms with van der Waals surface area (Å²) in [6, 6.07) is 8.15. The van der Waals surface area contributed by atoms with Gasteiger partial charge >= 0.3 is 0 Å². The molecule has 0 amide bonds. The second-order valence-electron chi connectivity index (χ2n) is 2.19. The van der Waals surface area contributed by atoms with Crippen molar-refractivity contribution in [1.82, 2.24) is 0 Å². The van der Waals surface area contributed by atoms with E-state index in [4.69, 9.17) is 7.85 Å². The van der Waals surface area contributed by atoms with Crippen LogP contribution in [0.2, 0.25) is 0 Å². The van der Waals surface area contributed by atoms with Gasteiger partial charge in [0.2, 0.25) is 0 Å². The highest BCUT2D eigenvalue weighted by Crippen LogP contribution is 2.16. The molecule has 10 heavy (non-hydrogen) atoms. The SMILES string of the molecule is [B]c1csc2ccccc12. The highest BCUT2D eigenvalue weighted by Gasteiger charge is 1.94. The van der Waals surface area contributed by atoms with E-state index < -0.39 is 0 Å². The fourth-order valence-corrected chi connectivity index (χ4v) is 1.85. The molecule has 1 aromatic carbocycles. The summed E-state index contributed by atoms with van der Waals surface area (Å²) in [5, 5.41) is 3.15. The fourth-order valence-electron chi connectivity index (χ4n) is 0.998. The maximum absolute atomic E-state index is 5.69. The van der Waals surface area contributed by atoms with Crippen LogP contribution in [0.1, 0.15) is 0 Å². The highest BCUT2D eigenvalue weighted by molar-refractivity contribution is 7.18. The second kappa shape index (κ2) is 2.13. The molecule has 1 heterocycles. The molecule has 0 aliphatic rings. The average molecular weight is 144 g/mol. The largest absolute Gasteiger partial charge is 0.144 e. The van der Waals surface area contributed by atoms with E-state index in [-0.39, 0.29) is 0 Å². The Hall–Kier alpha value is -0.755. The first-order valence-electron chi connectivity index (χ1n) is 3.09. The van der Waals surface area contributed by atoms with Gasteiger partial charge in [-0.3, -0.25) is 0 Å². The van der Waals surface area contributed by atoms with Gasteiger partial charge in [0, 0.05) is 4.70 Å². The summed E-state index contributed by atoms with van der Waals surface area (Å²) in [6.07, 6.45) is 0. The third-order valence-electron chi connectivity index (χ3n) is 1.51. The van der Waals surface area contributed by atoms with Crippen LogP contribution in [0, 0.1) is 0 Å². The van der Waals surface area contributed by atoms with Gasteiger partial charge in [0.1, 0.15) is 7.85 Å². The van der Waals surface area contributed by atoms with Crippen molar-refractivity contribution in [2.45, 2.75) is 0 Å². The number of fused-ring (bicyclic) bond motifs is 1. The van der Waals surface area contributed by atoms with Gasteiger partial charge in [0.05, 0.1) is 0 Å². The summed E-state index contributed by atoms with van der Waals surface area (Å²) in [5.41, 5.74) is 0.889. The fraction of sp³-hybridized carbons (Fsp3) is 0. The Morgan fingerprint density at radius 3 is 2.80 bits per heavy atom. The lowest BCUT2D eigenvalue weighted by Gasteiger charge is -1.87. The first kappa shape index (κ1) is 5.99. The zero-order chi connectivity index (χ0) is 6.97. The summed E-state index contributed by atoms with van der Waals surface area (Å²) < 4.78 is 1.26. The number of rotatable bonds is 0. The lowest BCUT2D eigenvalue weighted by molar-refractivity contribution is 1.87. The highest BCUT2D eigenvalue weighted by atomic mass is 32.1. The zero-order valence-electron chi connectivity index (χ0n) is 5.37. The third-order valence-corrected chi connectivity index (χ3v) is 2.49. The van der Waals surface area contributed by atoms with Gasteiger partial charge in [-0.2, -0.15) is 0 Å². The molecule has 2 radical (unpaired) electrons. The lowest BCUT2D eigenvalue weighted by atomic mass is 9.96. The van der Waals surface area contributed by atoms with Crippen LogP contribution in [0.15, 0.2) is 29.6 Å². The van der Waals surface area contributed by atoms with E-state index in [0.717, 1.165) is 5.46 Å². The van der Waals surface area contributed by atoms with Gasteiger partial charge in [-0.05, 0) is 16.8 Å². The minimum absolute atomic E-state index is 0.889. The third kappa shape index (κ3) is 0.763. The topological polar surface area (TPSA) is 0 Å². The molecule has 0 saturated carbocycles. The van der Waals surface area contributed by atoms with Crippen LogP contribution in [0.3, 0.4) is 0 Å². The minimum atomic E-state index is 0.889. The standard InChI is InChI=1S/C8H5BS/c9-7-5-10-8-4-2-1-3-6(7)8/h1-5H. The molecule has 1 aromatic heterocycles. The minimum Gasteiger partial charge on any atom is -0.144 e. The first-order valence-corrected chi connectivity index (χ1v) is 3.97. The normalized spacial score (nSPS) is 10.4. The molecule has 0 N–H and O–H groups in total. The van der Waals surface area contributed by atoms with E-state index in [0.29, 0.717) is 0 Å². The monoisotopic (exact) mass is 144 g/mol. The maximum atomic E-state index is 5.69. The van der Waals surface area contributed by atoms with Gasteiger partial charge in [-0.1, -0.05) is 23.7 Å². The Bertz CT molecular complexity index is 351. The summed E-state index contributed by atoms with van der Waals surface area (Å²) in [5.74, 6) is 0. The Kier molecular flexibility index (Phi) is 1.28. The van der Waals surface area contributed by atoms with Crippen LogP contribution in [0.5, 0.6) is 0 Å². The number of benzene rings is 1. The molecule has 2 rings (SSSR count). The molecule has 46 valence electrons. The van der Waals surface area contributed by atoms with E-state index >= 15 is 0 Å². The number of hydrogen-bond donors (Lipinski definition) is 0. The van der Waals surface area contributed by atoms with Crippen molar-refractivity contribution >= 4 is 34.7 Å². The van der Waals surface area contributed by atoms with Crippen molar-refractivity contribution in [3.05, 3.63) is 29.6 Å². The molecule has 0 spiro atoms. The number of hydrogen-bond acceptors (Lipinski definition) is 1. The van der Waals surface area contributed by atoms with E-state index in [2.05, 4.69) is 6.07 Å². The molecule has 2 heteroatoms. The molecule has 0 atom stereocenters. The predicted molar refractivity (Wildman–Crippen MR) is 47.2 cm³/mol. The smallest absolute Gasteiger partial charge is 0.115 e. The van der Waals surface area contributed by atoms with Crippen LogP contribution in [-0.2, 0) is 0 Å². The predicted octanol–water partition coefficient (Wildman–Crippen LogP) is 1.70. The molecule has 0 aliphatic carbocycles. The summed E-state index contributed by atoms with van der Waals surface area (Å²) in [4.78, 5) is 0. The molecule has 2 aromatic rings. The Balaban J connectivity index is 2.93. The molecule has 0 aliphatic heterocycles. The first-order chi connectivity index (χ1) is 4.88. The van der Waals surface area contributed by atoms with Gasteiger partial charge < -0.3 is 0 Å². The van der Waals surface area contributed by atoms with Gasteiger partial charge in [0.15, 0.2) is 0 Å². The zero-order valence-corrected chi connectivity index (χ0v) is 6.19. The Morgan fingerprint density at radius 2 is 2.00 bits per heavy atom. The summed E-state index contributed by atoms with van der Waals surface area (Å²) in [7, 11) is 5.69. The molecule has 0 unspecified atom stereocenters. The molecular formula is C8H5BS. The van der Waals surface area contributed by atoms with E-state index in [1.807, 2.05) is 23.6 Å². The Labute approximate surface area is 64.9 Å². The van der Waals surface area contributed by atoms with Crippen LogP contribution in [0.4, 0.5) is 0 Å². The molecule has 0 fully saturated rings. The van der Waals surface area contributed by atoms with Crippen molar-refractivity contribution in [3.8, 4) is 0 Å². The molecule has 0 nitrogen and oxygen atoms in total. The van der Waals surface area contributed by atoms with Crippen molar-refractivity contribution < 1.29 is 0 Å². The summed E-state index contributed by atoms with van der Waals surface area (Å²) >= 11 is 1.69. The molecule has 0 saturated heterocycles. The molecular weight excluding hydrogens is 139 g/mol. The number of thiophene rings is 1. The van der Waals surface area contributed by atoms with Gasteiger partial charge in [0.25, 0.3) is 0 Å². The van der Waals surface area contributed by atoms with Gasteiger partial charge in [-0.15, -0.1) is 11.3 Å². The van der Waals surface area contributed by atoms with Gasteiger partial charge in [-0.25, -0.2) is 0 Å².